The van der Waals surface area contributed by atoms with Crippen molar-refractivity contribution in [2.75, 3.05) is 0 Å². The zero-order chi connectivity index (χ0) is 12.4. The summed E-state index contributed by atoms with van der Waals surface area (Å²) < 4.78 is 0. The van der Waals surface area contributed by atoms with E-state index in [0.717, 1.165) is 5.92 Å². The van der Waals surface area contributed by atoms with Gasteiger partial charge in [0, 0.05) is 0 Å². The van der Waals surface area contributed by atoms with Crippen molar-refractivity contribution in [3.63, 3.8) is 0 Å². The maximum Gasteiger partial charge on any atom is -0.0354 e. The standard InChI is InChI=1S/C16H34/c1-6-7-10-13-16(4,5)14-11-8-9-12-15(2)3/h15H,6-14H2,1-5H3. The van der Waals surface area contributed by atoms with Crippen LogP contribution in [0.15, 0.2) is 0 Å². The molecule has 0 saturated carbocycles. The van der Waals surface area contributed by atoms with E-state index in [-0.39, 0.29) is 0 Å². The van der Waals surface area contributed by atoms with Gasteiger partial charge in [0.2, 0.25) is 0 Å². The van der Waals surface area contributed by atoms with E-state index >= 15 is 0 Å². The number of unbranched alkanes of at least 4 members (excludes halogenated alkanes) is 4. The van der Waals surface area contributed by atoms with E-state index in [1.807, 2.05) is 0 Å². The van der Waals surface area contributed by atoms with Crippen LogP contribution in [0.25, 0.3) is 0 Å². The predicted molar refractivity (Wildman–Crippen MR) is 75.8 cm³/mol. The summed E-state index contributed by atoms with van der Waals surface area (Å²) in [5.41, 5.74) is 0.590. The molecular weight excluding hydrogens is 192 g/mol. The average Bonchev–Trinajstić information content (AvgIpc) is 2.16. The molecule has 0 unspecified atom stereocenters. The topological polar surface area (TPSA) is 0 Å². The van der Waals surface area contributed by atoms with Crippen LogP contribution < -0.4 is 0 Å². The lowest BCUT2D eigenvalue weighted by Gasteiger charge is -2.24. The van der Waals surface area contributed by atoms with E-state index in [1.165, 1.54) is 57.8 Å². The lowest BCUT2D eigenvalue weighted by Crippen LogP contribution is -2.11. The summed E-state index contributed by atoms with van der Waals surface area (Å²) >= 11 is 0. The molecular formula is C16H34. The maximum absolute atomic E-state index is 2.45. The molecule has 0 aliphatic carbocycles. The van der Waals surface area contributed by atoms with Crippen molar-refractivity contribution in [3.8, 4) is 0 Å². The minimum Gasteiger partial charge on any atom is -0.0654 e. The van der Waals surface area contributed by atoms with Crippen LogP contribution in [0.2, 0.25) is 0 Å². The summed E-state index contributed by atoms with van der Waals surface area (Å²) in [6.45, 7) is 11.8. The molecule has 0 bridgehead atoms. The molecule has 0 radical (unpaired) electrons. The number of rotatable bonds is 10. The highest BCUT2D eigenvalue weighted by molar-refractivity contribution is 4.68. The van der Waals surface area contributed by atoms with E-state index in [4.69, 9.17) is 0 Å². The summed E-state index contributed by atoms with van der Waals surface area (Å²) in [6.07, 6.45) is 12.8. The van der Waals surface area contributed by atoms with Gasteiger partial charge in [-0.05, 0) is 24.2 Å². The van der Waals surface area contributed by atoms with E-state index in [1.54, 1.807) is 0 Å². The molecule has 0 fully saturated rings. The molecule has 16 heavy (non-hydrogen) atoms. The van der Waals surface area contributed by atoms with Crippen LogP contribution in [-0.2, 0) is 0 Å². The molecule has 0 aliphatic rings. The van der Waals surface area contributed by atoms with E-state index in [9.17, 15) is 0 Å². The fraction of sp³-hybridized carbons (Fsp3) is 1.00. The van der Waals surface area contributed by atoms with E-state index in [0.29, 0.717) is 5.41 Å². The lowest BCUT2D eigenvalue weighted by molar-refractivity contribution is 0.282. The Morgan fingerprint density at radius 3 is 1.88 bits per heavy atom. The Labute approximate surface area is 104 Å². The van der Waals surface area contributed by atoms with Crippen molar-refractivity contribution < 1.29 is 0 Å². The highest BCUT2D eigenvalue weighted by Gasteiger charge is 2.16. The minimum atomic E-state index is 0.590. The molecule has 0 aliphatic heterocycles. The van der Waals surface area contributed by atoms with Crippen molar-refractivity contribution in [1.82, 2.24) is 0 Å². The number of hydrogen-bond acceptors (Lipinski definition) is 0. The average molecular weight is 226 g/mol. The molecule has 0 saturated heterocycles. The Hall–Kier alpha value is 0. The smallest absolute Gasteiger partial charge is 0.0354 e. The molecule has 0 atom stereocenters. The van der Waals surface area contributed by atoms with Crippen LogP contribution in [0, 0.1) is 11.3 Å². The van der Waals surface area contributed by atoms with Crippen LogP contribution in [0.4, 0.5) is 0 Å². The van der Waals surface area contributed by atoms with Crippen LogP contribution in [0.5, 0.6) is 0 Å². The van der Waals surface area contributed by atoms with Crippen molar-refractivity contribution in [3.05, 3.63) is 0 Å². The Morgan fingerprint density at radius 1 is 0.812 bits per heavy atom. The van der Waals surface area contributed by atoms with Crippen LogP contribution in [0.3, 0.4) is 0 Å². The van der Waals surface area contributed by atoms with Crippen molar-refractivity contribution in [2.45, 2.75) is 92.4 Å². The van der Waals surface area contributed by atoms with Gasteiger partial charge in [-0.25, -0.2) is 0 Å². The zero-order valence-corrected chi connectivity index (χ0v) is 12.4. The molecule has 0 amide bonds. The molecule has 98 valence electrons. The van der Waals surface area contributed by atoms with Gasteiger partial charge >= 0.3 is 0 Å². The van der Waals surface area contributed by atoms with Gasteiger partial charge in [-0.15, -0.1) is 0 Å². The number of hydrogen-bond donors (Lipinski definition) is 0. The van der Waals surface area contributed by atoms with Crippen LogP contribution >= 0.6 is 0 Å². The Bertz CT molecular complexity index is 144. The highest BCUT2D eigenvalue weighted by atomic mass is 14.2. The van der Waals surface area contributed by atoms with Crippen LogP contribution in [0.1, 0.15) is 92.4 Å². The van der Waals surface area contributed by atoms with Crippen LogP contribution in [-0.4, -0.2) is 0 Å². The summed E-state index contributed by atoms with van der Waals surface area (Å²) in [5.74, 6) is 0.887. The van der Waals surface area contributed by atoms with Gasteiger partial charge in [-0.1, -0.05) is 79.6 Å². The van der Waals surface area contributed by atoms with Crippen molar-refractivity contribution >= 4 is 0 Å². The highest BCUT2D eigenvalue weighted by Crippen LogP contribution is 2.30. The third-order valence-corrected chi connectivity index (χ3v) is 3.59. The summed E-state index contributed by atoms with van der Waals surface area (Å²) in [5, 5.41) is 0. The summed E-state index contributed by atoms with van der Waals surface area (Å²) in [7, 11) is 0. The monoisotopic (exact) mass is 226 g/mol. The van der Waals surface area contributed by atoms with Gasteiger partial charge in [0.05, 0.1) is 0 Å². The van der Waals surface area contributed by atoms with Gasteiger partial charge < -0.3 is 0 Å². The van der Waals surface area contributed by atoms with Gasteiger partial charge in [-0.3, -0.25) is 0 Å². The quantitative estimate of drug-likeness (QED) is 0.389. The fourth-order valence-electron chi connectivity index (χ4n) is 2.31. The largest absolute Gasteiger partial charge is 0.0654 e. The maximum atomic E-state index is 2.45. The molecule has 0 heteroatoms. The first kappa shape index (κ1) is 16.0. The van der Waals surface area contributed by atoms with Gasteiger partial charge in [-0.2, -0.15) is 0 Å². The fourth-order valence-corrected chi connectivity index (χ4v) is 2.31. The molecule has 0 aromatic carbocycles. The Kier molecular flexibility index (Phi) is 9.07. The summed E-state index contributed by atoms with van der Waals surface area (Å²) in [6, 6.07) is 0. The third-order valence-electron chi connectivity index (χ3n) is 3.59. The molecule has 0 N–H and O–H groups in total. The predicted octanol–water partition coefficient (Wildman–Crippen LogP) is 6.20. The van der Waals surface area contributed by atoms with Crippen molar-refractivity contribution in [1.29, 1.82) is 0 Å². The van der Waals surface area contributed by atoms with E-state index < -0.39 is 0 Å². The molecule has 0 aromatic rings. The first-order valence-corrected chi connectivity index (χ1v) is 7.48. The van der Waals surface area contributed by atoms with Gasteiger partial charge in [0.1, 0.15) is 0 Å². The Balaban J connectivity index is 3.42. The minimum absolute atomic E-state index is 0.590. The first-order chi connectivity index (χ1) is 7.48. The second-order valence-corrected chi connectivity index (χ2v) is 6.61. The van der Waals surface area contributed by atoms with Gasteiger partial charge in [0.15, 0.2) is 0 Å². The second kappa shape index (κ2) is 9.07. The normalized spacial score (nSPS) is 12.4. The lowest BCUT2D eigenvalue weighted by atomic mass is 9.82. The molecule has 0 rings (SSSR count). The molecule has 0 spiro atoms. The Morgan fingerprint density at radius 2 is 1.38 bits per heavy atom. The first-order valence-electron chi connectivity index (χ1n) is 7.48. The van der Waals surface area contributed by atoms with Gasteiger partial charge in [0.25, 0.3) is 0 Å². The van der Waals surface area contributed by atoms with E-state index in [2.05, 4.69) is 34.6 Å². The molecule has 0 aromatic heterocycles. The van der Waals surface area contributed by atoms with Crippen molar-refractivity contribution in [2.24, 2.45) is 11.3 Å². The SMILES string of the molecule is CCCCCC(C)(C)CCCCCC(C)C. The second-order valence-electron chi connectivity index (χ2n) is 6.61. The summed E-state index contributed by atoms with van der Waals surface area (Å²) in [4.78, 5) is 0. The molecule has 0 heterocycles. The molecule has 0 nitrogen and oxygen atoms in total. The zero-order valence-electron chi connectivity index (χ0n) is 12.4. The third kappa shape index (κ3) is 10.5.